The molecule has 6 nitrogen and oxygen atoms in total. The number of rotatable bonds is 9. The highest BCUT2D eigenvalue weighted by molar-refractivity contribution is 7.91. The van der Waals surface area contributed by atoms with Crippen molar-refractivity contribution in [3.8, 4) is 0 Å². The summed E-state index contributed by atoms with van der Waals surface area (Å²) < 4.78 is 25.9. The van der Waals surface area contributed by atoms with Crippen LogP contribution in [0.2, 0.25) is 0 Å². The summed E-state index contributed by atoms with van der Waals surface area (Å²) in [6.45, 7) is 9.88. The maximum absolute atomic E-state index is 12.1. The minimum Gasteiger partial charge on any atom is -0.357 e. The Hall–Kier alpha value is -1.12. The molecule has 0 saturated carbocycles. The molecule has 0 saturated heterocycles. The van der Waals surface area contributed by atoms with Crippen LogP contribution in [0.4, 0.5) is 0 Å². The maximum Gasteiger partial charge on any atom is 0.252 e. The van der Waals surface area contributed by atoms with Crippen LogP contribution in [0.25, 0.3) is 0 Å². The van der Waals surface area contributed by atoms with Gasteiger partial charge in [0, 0.05) is 31.6 Å². The Morgan fingerprint density at radius 3 is 2.48 bits per heavy atom. The first-order valence-corrected chi connectivity index (χ1v) is 11.0. The lowest BCUT2D eigenvalue weighted by Crippen LogP contribution is -2.42. The maximum atomic E-state index is 12.1. The second-order valence-corrected chi connectivity index (χ2v) is 10.3. The van der Waals surface area contributed by atoms with Crippen LogP contribution in [0, 0.1) is 5.92 Å². The average molecular weight is 389 g/mol. The van der Waals surface area contributed by atoms with Crippen LogP contribution in [-0.4, -0.2) is 45.4 Å². The summed E-state index contributed by atoms with van der Waals surface area (Å²) in [7, 11) is -0.287. The number of thiophene rings is 1. The fourth-order valence-corrected chi connectivity index (χ4v) is 4.58. The molecular formula is C17H32N4O2S2. The van der Waals surface area contributed by atoms with E-state index in [1.165, 1.54) is 22.1 Å². The Kier molecular flexibility index (Phi) is 8.88. The molecule has 0 aromatic carbocycles. The van der Waals surface area contributed by atoms with Gasteiger partial charge in [-0.25, -0.2) is 17.7 Å². The van der Waals surface area contributed by atoms with Gasteiger partial charge >= 0.3 is 0 Å². The number of sulfonamides is 1. The molecule has 25 heavy (non-hydrogen) atoms. The van der Waals surface area contributed by atoms with E-state index < -0.39 is 10.0 Å². The summed E-state index contributed by atoms with van der Waals surface area (Å²) in [5.41, 5.74) is 0. The normalized spacial score (nSPS) is 14.2. The van der Waals surface area contributed by atoms with Gasteiger partial charge in [0.1, 0.15) is 4.21 Å². The van der Waals surface area contributed by atoms with Crippen LogP contribution in [0.3, 0.4) is 0 Å². The fourth-order valence-electron chi connectivity index (χ4n) is 2.13. The summed E-state index contributed by atoms with van der Waals surface area (Å²) in [4.78, 5) is 5.51. The highest BCUT2D eigenvalue weighted by atomic mass is 32.2. The molecule has 1 atom stereocenters. The summed E-state index contributed by atoms with van der Waals surface area (Å²) in [5.74, 6) is 1.45. The van der Waals surface area contributed by atoms with Gasteiger partial charge in [-0.3, -0.25) is 0 Å². The monoisotopic (exact) mass is 388 g/mol. The Labute approximate surface area is 156 Å². The van der Waals surface area contributed by atoms with E-state index in [9.17, 15) is 8.42 Å². The standard InChI is InChI=1S/C17H32N4O2S2/c1-7-18-17(20-14(4)9-8-13(2)3)19-12-15-10-11-16(24-15)25(22,23)21(5)6/h10-11,13-14H,7-9,12H2,1-6H3,(H2,18,19,20). The number of hydrogen-bond acceptors (Lipinski definition) is 4. The van der Waals surface area contributed by atoms with E-state index in [0.29, 0.717) is 22.7 Å². The lowest BCUT2D eigenvalue weighted by molar-refractivity contribution is 0.489. The van der Waals surface area contributed by atoms with Crippen molar-refractivity contribution in [1.29, 1.82) is 0 Å². The van der Waals surface area contributed by atoms with Crippen molar-refractivity contribution in [3.63, 3.8) is 0 Å². The van der Waals surface area contributed by atoms with Crippen molar-refractivity contribution < 1.29 is 8.42 Å². The molecule has 0 amide bonds. The number of hydrogen-bond donors (Lipinski definition) is 2. The largest absolute Gasteiger partial charge is 0.357 e. The van der Waals surface area contributed by atoms with Gasteiger partial charge in [-0.2, -0.15) is 0 Å². The minimum absolute atomic E-state index is 0.341. The van der Waals surface area contributed by atoms with E-state index in [2.05, 4.69) is 36.4 Å². The van der Waals surface area contributed by atoms with Crippen LogP contribution in [0.15, 0.2) is 21.3 Å². The van der Waals surface area contributed by atoms with Gasteiger partial charge in [0.25, 0.3) is 10.0 Å². The zero-order valence-corrected chi connectivity index (χ0v) is 17.8. The number of nitrogens with zero attached hydrogens (tertiary/aromatic N) is 2. The second-order valence-electron chi connectivity index (χ2n) is 6.72. The molecule has 0 fully saturated rings. The number of nitrogens with one attached hydrogen (secondary N) is 2. The molecule has 1 aromatic rings. The van der Waals surface area contributed by atoms with Crippen molar-refractivity contribution in [2.24, 2.45) is 10.9 Å². The predicted molar refractivity (Wildman–Crippen MR) is 107 cm³/mol. The molecule has 1 aromatic heterocycles. The molecule has 144 valence electrons. The van der Waals surface area contributed by atoms with E-state index in [0.717, 1.165) is 23.8 Å². The summed E-state index contributed by atoms with van der Waals surface area (Å²) >= 11 is 1.27. The number of aliphatic imine (C=N–C) groups is 1. The highest BCUT2D eigenvalue weighted by Gasteiger charge is 2.19. The van der Waals surface area contributed by atoms with Crippen LogP contribution in [-0.2, 0) is 16.6 Å². The van der Waals surface area contributed by atoms with Gasteiger partial charge < -0.3 is 10.6 Å². The van der Waals surface area contributed by atoms with Gasteiger partial charge in [0.05, 0.1) is 6.54 Å². The molecular weight excluding hydrogens is 356 g/mol. The lowest BCUT2D eigenvalue weighted by atomic mass is 10.0. The van der Waals surface area contributed by atoms with Gasteiger partial charge in [0.15, 0.2) is 5.96 Å². The van der Waals surface area contributed by atoms with Crippen LogP contribution >= 0.6 is 11.3 Å². The van der Waals surface area contributed by atoms with Crippen LogP contribution in [0.1, 0.15) is 45.4 Å². The zero-order chi connectivity index (χ0) is 19.0. The fraction of sp³-hybridized carbons (Fsp3) is 0.706. The average Bonchev–Trinajstić information content (AvgIpc) is 3.00. The van der Waals surface area contributed by atoms with Gasteiger partial charge in [-0.15, -0.1) is 11.3 Å². The molecule has 0 spiro atoms. The van der Waals surface area contributed by atoms with Gasteiger partial charge in [-0.05, 0) is 44.7 Å². The van der Waals surface area contributed by atoms with Crippen LogP contribution in [0.5, 0.6) is 0 Å². The Morgan fingerprint density at radius 2 is 1.92 bits per heavy atom. The van der Waals surface area contributed by atoms with Crippen molar-refractivity contribution in [3.05, 3.63) is 17.0 Å². The second kappa shape index (κ2) is 10.1. The zero-order valence-electron chi connectivity index (χ0n) is 16.2. The predicted octanol–water partition coefficient (Wildman–Crippen LogP) is 2.88. The summed E-state index contributed by atoms with van der Waals surface area (Å²) in [6.07, 6.45) is 2.26. The SMILES string of the molecule is CCNC(=NCc1ccc(S(=O)(=O)N(C)C)s1)NC(C)CCC(C)C. The molecule has 0 aliphatic rings. The number of guanidine groups is 1. The molecule has 1 rings (SSSR count). The van der Waals surface area contributed by atoms with E-state index in [4.69, 9.17) is 0 Å². The van der Waals surface area contributed by atoms with E-state index in [1.807, 2.05) is 13.0 Å². The third-order valence-corrected chi connectivity index (χ3v) is 7.02. The van der Waals surface area contributed by atoms with E-state index in [-0.39, 0.29) is 0 Å². The Bertz CT molecular complexity index is 651. The first-order valence-electron chi connectivity index (χ1n) is 8.72. The summed E-state index contributed by atoms with van der Waals surface area (Å²) in [6, 6.07) is 3.82. The minimum atomic E-state index is -3.37. The first kappa shape index (κ1) is 21.9. The topological polar surface area (TPSA) is 73.8 Å². The lowest BCUT2D eigenvalue weighted by Gasteiger charge is -2.18. The Morgan fingerprint density at radius 1 is 1.24 bits per heavy atom. The molecule has 0 bridgehead atoms. The molecule has 0 aliphatic carbocycles. The highest BCUT2D eigenvalue weighted by Crippen LogP contribution is 2.24. The van der Waals surface area contributed by atoms with Crippen LogP contribution < -0.4 is 10.6 Å². The third kappa shape index (κ3) is 7.33. The quantitative estimate of drug-likeness (QED) is 0.504. The summed E-state index contributed by atoms with van der Waals surface area (Å²) in [5, 5.41) is 6.66. The molecule has 0 aliphatic heterocycles. The first-order chi connectivity index (χ1) is 11.7. The van der Waals surface area contributed by atoms with Crippen molar-refractivity contribution in [1.82, 2.24) is 14.9 Å². The van der Waals surface area contributed by atoms with Crippen molar-refractivity contribution in [2.75, 3.05) is 20.6 Å². The van der Waals surface area contributed by atoms with E-state index >= 15 is 0 Å². The third-order valence-electron chi connectivity index (χ3n) is 3.67. The van der Waals surface area contributed by atoms with Crippen molar-refractivity contribution in [2.45, 2.75) is 57.3 Å². The van der Waals surface area contributed by atoms with E-state index in [1.54, 1.807) is 20.2 Å². The molecule has 8 heteroatoms. The van der Waals surface area contributed by atoms with Crippen molar-refractivity contribution >= 4 is 27.3 Å². The molecule has 1 heterocycles. The molecule has 0 radical (unpaired) electrons. The molecule has 2 N–H and O–H groups in total. The Balaban J connectivity index is 2.73. The smallest absolute Gasteiger partial charge is 0.252 e. The van der Waals surface area contributed by atoms with Gasteiger partial charge in [0.2, 0.25) is 0 Å². The molecule has 1 unspecified atom stereocenters. The van der Waals surface area contributed by atoms with Gasteiger partial charge in [-0.1, -0.05) is 13.8 Å².